The van der Waals surface area contributed by atoms with E-state index in [0.717, 1.165) is 17.0 Å². The molecule has 0 saturated heterocycles. The summed E-state index contributed by atoms with van der Waals surface area (Å²) in [6.45, 7) is 5.01. The molecule has 0 saturated carbocycles. The van der Waals surface area contributed by atoms with Crippen LogP contribution in [-0.4, -0.2) is 15.8 Å². The topological polar surface area (TPSA) is 59.0 Å². The number of rotatable bonds is 5. The van der Waals surface area contributed by atoms with Crippen LogP contribution in [0.4, 0.5) is 10.5 Å². The smallest absolute Gasteiger partial charge is 0.319 e. The molecule has 1 heterocycles. The monoisotopic (exact) mass is 402 g/mol. The number of urea groups is 1. The fourth-order valence-corrected chi connectivity index (χ4v) is 3.17. The number of aryl methyl sites for hydroxylation is 1. The minimum Gasteiger partial charge on any atom is -0.334 e. The molecule has 3 rings (SSSR count). The summed E-state index contributed by atoms with van der Waals surface area (Å²) in [5.74, 6) is 0. The molecule has 2 amide bonds. The molecule has 1 aromatic heterocycles. The summed E-state index contributed by atoms with van der Waals surface area (Å²) in [6.07, 6.45) is 0. The average Bonchev–Trinajstić information content (AvgIpc) is 2.90. The van der Waals surface area contributed by atoms with Crippen molar-refractivity contribution in [2.45, 2.75) is 26.9 Å². The maximum absolute atomic E-state index is 12.2. The first-order valence-electron chi connectivity index (χ1n) is 8.50. The summed E-state index contributed by atoms with van der Waals surface area (Å²) in [5.41, 5.74) is 4.56. The van der Waals surface area contributed by atoms with Gasteiger partial charge in [0.25, 0.3) is 0 Å². The second-order valence-corrected chi connectivity index (χ2v) is 7.07. The SMILES string of the molecule is Cc1nn(Cc2ccccc2)c(C)c1CNC(=O)Nc1cc(Cl)ccc1Cl. The van der Waals surface area contributed by atoms with Gasteiger partial charge < -0.3 is 10.6 Å². The zero-order valence-corrected chi connectivity index (χ0v) is 16.6. The van der Waals surface area contributed by atoms with E-state index in [-0.39, 0.29) is 6.03 Å². The summed E-state index contributed by atoms with van der Waals surface area (Å²) in [7, 11) is 0. The number of nitrogens with one attached hydrogen (secondary N) is 2. The Morgan fingerprint density at radius 2 is 1.85 bits per heavy atom. The highest BCUT2D eigenvalue weighted by Crippen LogP contribution is 2.25. The molecule has 0 unspecified atom stereocenters. The summed E-state index contributed by atoms with van der Waals surface area (Å²) >= 11 is 12.0. The molecule has 140 valence electrons. The number of hydrogen-bond acceptors (Lipinski definition) is 2. The van der Waals surface area contributed by atoms with E-state index in [0.29, 0.717) is 28.8 Å². The standard InChI is InChI=1S/C20H20Cl2N4O/c1-13-17(14(2)26(25-13)12-15-6-4-3-5-7-15)11-23-20(27)24-19-10-16(21)8-9-18(19)22/h3-10H,11-12H2,1-2H3,(H2,23,24,27). The molecule has 0 aliphatic heterocycles. The summed E-state index contributed by atoms with van der Waals surface area (Å²) in [5, 5.41) is 11.1. The van der Waals surface area contributed by atoms with E-state index in [1.807, 2.05) is 36.7 Å². The van der Waals surface area contributed by atoms with Gasteiger partial charge in [0, 0.05) is 22.8 Å². The largest absolute Gasteiger partial charge is 0.334 e. The predicted octanol–water partition coefficient (Wildman–Crippen LogP) is 5.18. The molecule has 0 radical (unpaired) electrons. The van der Waals surface area contributed by atoms with E-state index in [1.54, 1.807) is 18.2 Å². The fraction of sp³-hybridized carbons (Fsp3) is 0.200. The Morgan fingerprint density at radius 3 is 2.59 bits per heavy atom. The molecule has 5 nitrogen and oxygen atoms in total. The third kappa shape index (κ3) is 4.81. The third-order valence-corrected chi connectivity index (χ3v) is 4.87. The van der Waals surface area contributed by atoms with Gasteiger partial charge in [0.1, 0.15) is 0 Å². The Kier molecular flexibility index (Phi) is 6.04. The number of carbonyl (C=O) groups is 1. The number of halogens is 2. The maximum atomic E-state index is 12.2. The second-order valence-electron chi connectivity index (χ2n) is 6.22. The van der Waals surface area contributed by atoms with Gasteiger partial charge in [-0.05, 0) is 37.6 Å². The molecule has 7 heteroatoms. The van der Waals surface area contributed by atoms with E-state index in [1.165, 1.54) is 5.56 Å². The fourth-order valence-electron chi connectivity index (χ4n) is 2.83. The van der Waals surface area contributed by atoms with Crippen molar-refractivity contribution >= 4 is 34.9 Å². The first-order chi connectivity index (χ1) is 12.9. The Balaban J connectivity index is 1.65. The van der Waals surface area contributed by atoms with Crippen molar-refractivity contribution < 1.29 is 4.79 Å². The molecule has 2 N–H and O–H groups in total. The number of aromatic nitrogens is 2. The van der Waals surface area contributed by atoms with Gasteiger partial charge >= 0.3 is 6.03 Å². The molecule has 0 fully saturated rings. The molecule has 0 aliphatic carbocycles. The number of benzene rings is 2. The molecule has 2 aromatic carbocycles. The lowest BCUT2D eigenvalue weighted by atomic mass is 10.2. The van der Waals surface area contributed by atoms with Gasteiger partial charge in [0.05, 0.1) is 22.9 Å². The quantitative estimate of drug-likeness (QED) is 0.617. The van der Waals surface area contributed by atoms with E-state index in [4.69, 9.17) is 23.2 Å². The third-order valence-electron chi connectivity index (χ3n) is 4.31. The van der Waals surface area contributed by atoms with E-state index in [2.05, 4.69) is 27.9 Å². The lowest BCUT2D eigenvalue weighted by molar-refractivity contribution is 0.251. The number of carbonyl (C=O) groups excluding carboxylic acids is 1. The van der Waals surface area contributed by atoms with Crippen LogP contribution in [0.15, 0.2) is 48.5 Å². The minimum absolute atomic E-state index is 0.353. The summed E-state index contributed by atoms with van der Waals surface area (Å²) in [4.78, 5) is 12.2. The van der Waals surface area contributed by atoms with Crippen molar-refractivity contribution in [2.24, 2.45) is 0 Å². The Bertz CT molecular complexity index is 954. The zero-order chi connectivity index (χ0) is 19.4. The van der Waals surface area contributed by atoms with Crippen molar-refractivity contribution in [3.8, 4) is 0 Å². The van der Waals surface area contributed by atoms with Crippen LogP contribution in [0.3, 0.4) is 0 Å². The highest BCUT2D eigenvalue weighted by Gasteiger charge is 2.13. The number of amides is 2. The molecule has 0 spiro atoms. The van der Waals surface area contributed by atoms with Crippen LogP contribution in [0.2, 0.25) is 10.0 Å². The molecule has 0 atom stereocenters. The van der Waals surface area contributed by atoms with Crippen LogP contribution in [0.5, 0.6) is 0 Å². The van der Waals surface area contributed by atoms with Crippen LogP contribution in [-0.2, 0) is 13.1 Å². The molecular formula is C20H20Cl2N4O. The van der Waals surface area contributed by atoms with Crippen LogP contribution in [0.1, 0.15) is 22.5 Å². The van der Waals surface area contributed by atoms with Gasteiger partial charge in [0.15, 0.2) is 0 Å². The van der Waals surface area contributed by atoms with Crippen LogP contribution < -0.4 is 10.6 Å². The van der Waals surface area contributed by atoms with Gasteiger partial charge in [-0.1, -0.05) is 53.5 Å². The van der Waals surface area contributed by atoms with Gasteiger partial charge in [0.2, 0.25) is 0 Å². The van der Waals surface area contributed by atoms with Crippen molar-refractivity contribution in [3.63, 3.8) is 0 Å². The van der Waals surface area contributed by atoms with Crippen LogP contribution in [0, 0.1) is 13.8 Å². The van der Waals surface area contributed by atoms with Gasteiger partial charge in [-0.3, -0.25) is 4.68 Å². The Morgan fingerprint density at radius 1 is 1.11 bits per heavy atom. The molecule has 0 aliphatic rings. The lowest BCUT2D eigenvalue weighted by Gasteiger charge is -2.10. The predicted molar refractivity (Wildman–Crippen MR) is 110 cm³/mol. The second kappa shape index (κ2) is 8.46. The number of anilines is 1. The van der Waals surface area contributed by atoms with Gasteiger partial charge in [-0.2, -0.15) is 5.10 Å². The van der Waals surface area contributed by atoms with Gasteiger partial charge in [-0.25, -0.2) is 4.79 Å². The number of hydrogen-bond donors (Lipinski definition) is 2. The Labute approximate surface area is 168 Å². The highest BCUT2D eigenvalue weighted by atomic mass is 35.5. The summed E-state index contributed by atoms with van der Waals surface area (Å²) < 4.78 is 1.95. The minimum atomic E-state index is -0.353. The van der Waals surface area contributed by atoms with Crippen LogP contribution >= 0.6 is 23.2 Å². The van der Waals surface area contributed by atoms with E-state index in [9.17, 15) is 4.79 Å². The first kappa shape index (κ1) is 19.3. The molecule has 0 bridgehead atoms. The van der Waals surface area contributed by atoms with Crippen molar-refractivity contribution in [2.75, 3.05) is 5.32 Å². The van der Waals surface area contributed by atoms with Gasteiger partial charge in [-0.15, -0.1) is 0 Å². The average molecular weight is 403 g/mol. The summed E-state index contributed by atoms with van der Waals surface area (Å²) in [6, 6.07) is 14.7. The number of nitrogens with zero attached hydrogens (tertiary/aromatic N) is 2. The highest BCUT2D eigenvalue weighted by molar-refractivity contribution is 6.35. The van der Waals surface area contributed by atoms with Crippen molar-refractivity contribution in [3.05, 3.63) is 81.1 Å². The zero-order valence-electron chi connectivity index (χ0n) is 15.1. The van der Waals surface area contributed by atoms with E-state index >= 15 is 0 Å². The molecule has 3 aromatic rings. The molecule has 27 heavy (non-hydrogen) atoms. The van der Waals surface area contributed by atoms with E-state index < -0.39 is 0 Å². The van der Waals surface area contributed by atoms with Crippen molar-refractivity contribution in [1.82, 2.24) is 15.1 Å². The Hall–Kier alpha value is -2.50. The van der Waals surface area contributed by atoms with Crippen LogP contribution in [0.25, 0.3) is 0 Å². The first-order valence-corrected chi connectivity index (χ1v) is 9.26. The molecular weight excluding hydrogens is 383 g/mol. The normalized spacial score (nSPS) is 10.7. The maximum Gasteiger partial charge on any atom is 0.319 e. The van der Waals surface area contributed by atoms with Crippen molar-refractivity contribution in [1.29, 1.82) is 0 Å². The lowest BCUT2D eigenvalue weighted by Crippen LogP contribution is -2.28.